The van der Waals surface area contributed by atoms with Gasteiger partial charge in [-0.3, -0.25) is 9.67 Å². The molecule has 4 aromatic rings. The van der Waals surface area contributed by atoms with Crippen molar-refractivity contribution in [2.24, 2.45) is 0 Å². The average molecular weight is 379 g/mol. The van der Waals surface area contributed by atoms with Crippen LogP contribution in [-0.4, -0.2) is 31.4 Å². The maximum Gasteiger partial charge on any atom is 0.199 e. The van der Waals surface area contributed by atoms with Gasteiger partial charge in [0.2, 0.25) is 0 Å². The van der Waals surface area contributed by atoms with E-state index in [0.717, 1.165) is 47.0 Å². The van der Waals surface area contributed by atoms with Gasteiger partial charge in [0.1, 0.15) is 11.6 Å². The molecule has 0 aliphatic rings. The van der Waals surface area contributed by atoms with E-state index < -0.39 is 0 Å². The molecule has 0 saturated carbocycles. The predicted octanol–water partition coefficient (Wildman–Crippen LogP) is 4.29. The summed E-state index contributed by atoms with van der Waals surface area (Å²) >= 11 is 5.48. The number of aryl methyl sites for hydroxylation is 1. The third kappa shape index (κ3) is 3.26. The molecule has 0 radical (unpaired) electrons. The summed E-state index contributed by atoms with van der Waals surface area (Å²) in [6.07, 6.45) is 1.96. The van der Waals surface area contributed by atoms with Gasteiger partial charge in [0.25, 0.3) is 0 Å². The fourth-order valence-electron chi connectivity index (χ4n) is 3.29. The molecule has 0 aliphatic heterocycles. The monoisotopic (exact) mass is 379 g/mol. The van der Waals surface area contributed by atoms with Gasteiger partial charge in [-0.1, -0.05) is 19.1 Å². The van der Waals surface area contributed by atoms with E-state index in [-0.39, 0.29) is 0 Å². The fraction of sp³-hybridized carbons (Fsp3) is 0.250. The van der Waals surface area contributed by atoms with E-state index in [1.54, 1.807) is 7.11 Å². The zero-order valence-corrected chi connectivity index (χ0v) is 16.2. The molecule has 0 bridgehead atoms. The minimum absolute atomic E-state index is 0.566. The summed E-state index contributed by atoms with van der Waals surface area (Å²) in [5.74, 6) is 2.71. The SMILES string of the molecule is CCCc1nc2ccccc2n1Cc1n[nH]c(=S)n1-c1ccc(OC)cc1. The van der Waals surface area contributed by atoms with Crippen LogP contribution in [0.2, 0.25) is 0 Å². The summed E-state index contributed by atoms with van der Waals surface area (Å²) in [4.78, 5) is 4.80. The Hall–Kier alpha value is -2.93. The van der Waals surface area contributed by atoms with E-state index in [2.05, 4.69) is 27.8 Å². The molecule has 7 heteroatoms. The van der Waals surface area contributed by atoms with Crippen molar-refractivity contribution < 1.29 is 4.74 Å². The Morgan fingerprint density at radius 1 is 1.07 bits per heavy atom. The number of hydrogen-bond acceptors (Lipinski definition) is 4. The molecule has 2 aromatic heterocycles. The van der Waals surface area contributed by atoms with Crippen LogP contribution in [0.4, 0.5) is 0 Å². The van der Waals surface area contributed by atoms with Crippen LogP contribution in [0.25, 0.3) is 16.7 Å². The van der Waals surface area contributed by atoms with Crippen LogP contribution in [0.1, 0.15) is 25.0 Å². The Labute approximate surface area is 162 Å². The van der Waals surface area contributed by atoms with Crippen molar-refractivity contribution in [2.45, 2.75) is 26.3 Å². The second-order valence-electron chi connectivity index (χ2n) is 6.33. The first-order valence-corrected chi connectivity index (χ1v) is 9.37. The van der Waals surface area contributed by atoms with Gasteiger partial charge in [0, 0.05) is 12.1 Å². The highest BCUT2D eigenvalue weighted by molar-refractivity contribution is 7.71. The summed E-state index contributed by atoms with van der Waals surface area (Å²) in [7, 11) is 1.66. The van der Waals surface area contributed by atoms with Crippen molar-refractivity contribution in [3.63, 3.8) is 0 Å². The third-order valence-electron chi connectivity index (χ3n) is 4.58. The smallest absolute Gasteiger partial charge is 0.199 e. The number of hydrogen-bond donors (Lipinski definition) is 1. The van der Waals surface area contributed by atoms with Crippen molar-refractivity contribution in [1.29, 1.82) is 0 Å². The minimum Gasteiger partial charge on any atom is -0.497 e. The van der Waals surface area contributed by atoms with Gasteiger partial charge < -0.3 is 9.30 Å². The van der Waals surface area contributed by atoms with Crippen LogP contribution in [-0.2, 0) is 13.0 Å². The van der Waals surface area contributed by atoms with Gasteiger partial charge in [-0.05, 0) is 55.0 Å². The number of nitrogens with one attached hydrogen (secondary N) is 1. The third-order valence-corrected chi connectivity index (χ3v) is 4.85. The molecule has 0 atom stereocenters. The lowest BCUT2D eigenvalue weighted by Gasteiger charge is -2.11. The summed E-state index contributed by atoms with van der Waals surface area (Å²) < 4.78 is 10.0. The Balaban J connectivity index is 1.79. The Bertz CT molecular complexity index is 1120. The van der Waals surface area contributed by atoms with E-state index >= 15 is 0 Å². The Kier molecular flexibility index (Phi) is 4.77. The minimum atomic E-state index is 0.566. The van der Waals surface area contributed by atoms with Gasteiger partial charge in [-0.2, -0.15) is 5.10 Å². The summed E-state index contributed by atoms with van der Waals surface area (Å²) in [5.41, 5.74) is 3.06. The van der Waals surface area contributed by atoms with Crippen LogP contribution in [0.3, 0.4) is 0 Å². The van der Waals surface area contributed by atoms with Crippen LogP contribution < -0.4 is 4.74 Å². The van der Waals surface area contributed by atoms with E-state index in [1.807, 2.05) is 47.0 Å². The second kappa shape index (κ2) is 7.36. The molecule has 138 valence electrons. The topological polar surface area (TPSA) is 60.7 Å². The first-order chi connectivity index (χ1) is 13.2. The van der Waals surface area contributed by atoms with Gasteiger partial charge in [0.05, 0.1) is 24.7 Å². The molecule has 0 spiro atoms. The molecule has 2 heterocycles. The molecule has 27 heavy (non-hydrogen) atoms. The van der Waals surface area contributed by atoms with Gasteiger partial charge >= 0.3 is 0 Å². The molecule has 1 N–H and O–H groups in total. The number of benzene rings is 2. The number of aromatic amines is 1. The highest BCUT2D eigenvalue weighted by Crippen LogP contribution is 2.21. The summed E-state index contributed by atoms with van der Waals surface area (Å²) in [6, 6.07) is 16.0. The van der Waals surface area contributed by atoms with Crippen LogP contribution in [0, 0.1) is 4.77 Å². The van der Waals surface area contributed by atoms with Crippen LogP contribution in [0.15, 0.2) is 48.5 Å². The predicted molar refractivity (Wildman–Crippen MR) is 108 cm³/mol. The molecule has 0 amide bonds. The number of aromatic nitrogens is 5. The lowest BCUT2D eigenvalue weighted by molar-refractivity contribution is 0.414. The van der Waals surface area contributed by atoms with E-state index in [0.29, 0.717) is 11.3 Å². The fourth-order valence-corrected chi connectivity index (χ4v) is 3.55. The quantitative estimate of drug-likeness (QED) is 0.508. The lowest BCUT2D eigenvalue weighted by atomic mass is 10.3. The highest BCUT2D eigenvalue weighted by atomic mass is 32.1. The van der Waals surface area contributed by atoms with Gasteiger partial charge in [0.15, 0.2) is 10.6 Å². The lowest BCUT2D eigenvalue weighted by Crippen LogP contribution is -2.10. The van der Waals surface area contributed by atoms with Gasteiger partial charge in [-0.15, -0.1) is 0 Å². The highest BCUT2D eigenvalue weighted by Gasteiger charge is 2.15. The molecule has 2 aromatic carbocycles. The molecular weight excluding hydrogens is 358 g/mol. The first-order valence-electron chi connectivity index (χ1n) is 8.96. The number of imidazole rings is 1. The number of H-pyrrole nitrogens is 1. The zero-order chi connectivity index (χ0) is 18.8. The normalized spacial score (nSPS) is 11.2. The van der Waals surface area contributed by atoms with Crippen LogP contribution in [0.5, 0.6) is 5.75 Å². The Morgan fingerprint density at radius 3 is 2.59 bits per heavy atom. The van der Waals surface area contributed by atoms with E-state index in [4.69, 9.17) is 21.9 Å². The van der Waals surface area contributed by atoms with Crippen molar-refractivity contribution in [3.8, 4) is 11.4 Å². The molecule has 0 unspecified atom stereocenters. The standard InChI is InChI=1S/C20H21N5OS/c1-3-6-18-21-16-7-4-5-8-17(16)24(18)13-19-22-23-20(27)25(19)14-9-11-15(26-2)12-10-14/h4-5,7-12H,3,6,13H2,1-2H3,(H,23,27). The Morgan fingerprint density at radius 2 is 1.85 bits per heavy atom. The number of methoxy groups -OCH3 is 1. The van der Waals surface area contributed by atoms with Gasteiger partial charge in [-0.25, -0.2) is 4.98 Å². The molecule has 0 aliphatic carbocycles. The summed E-state index contributed by atoms with van der Waals surface area (Å²) in [6.45, 7) is 2.76. The van der Waals surface area contributed by atoms with Crippen molar-refractivity contribution in [2.75, 3.05) is 7.11 Å². The molecule has 0 saturated heterocycles. The average Bonchev–Trinajstić information content (AvgIpc) is 3.23. The zero-order valence-electron chi connectivity index (χ0n) is 15.3. The summed E-state index contributed by atoms with van der Waals surface area (Å²) in [5, 5.41) is 7.41. The number of ether oxygens (including phenoxy) is 1. The maximum absolute atomic E-state index is 5.48. The maximum atomic E-state index is 5.48. The molecule has 6 nitrogen and oxygen atoms in total. The van der Waals surface area contributed by atoms with Crippen molar-refractivity contribution in [1.82, 2.24) is 24.3 Å². The second-order valence-corrected chi connectivity index (χ2v) is 6.72. The number of fused-ring (bicyclic) bond motifs is 1. The largest absolute Gasteiger partial charge is 0.497 e. The van der Waals surface area contributed by atoms with Crippen molar-refractivity contribution >= 4 is 23.3 Å². The number of rotatable bonds is 6. The molecule has 0 fully saturated rings. The van der Waals surface area contributed by atoms with Crippen LogP contribution >= 0.6 is 12.2 Å². The number of para-hydroxylation sites is 2. The first kappa shape index (κ1) is 17.5. The van der Waals surface area contributed by atoms with E-state index in [1.165, 1.54) is 0 Å². The molecular formula is C20H21N5OS. The van der Waals surface area contributed by atoms with Crippen molar-refractivity contribution in [3.05, 3.63) is 65.0 Å². The molecule has 4 rings (SSSR count). The van der Waals surface area contributed by atoms with E-state index in [9.17, 15) is 0 Å². The number of nitrogens with zero attached hydrogens (tertiary/aromatic N) is 4.